The van der Waals surface area contributed by atoms with Crippen LogP contribution in [0.4, 0.5) is 26.3 Å². The van der Waals surface area contributed by atoms with Crippen molar-refractivity contribution in [3.63, 3.8) is 0 Å². The van der Waals surface area contributed by atoms with E-state index in [2.05, 4.69) is 11.7 Å². The predicted octanol–water partition coefficient (Wildman–Crippen LogP) is 11.4. The average molecular weight is 669 g/mol. The first-order chi connectivity index (χ1) is 20.7. The maximum Gasteiger partial charge on any atom is 0.438 e. The van der Waals surface area contributed by atoms with Gasteiger partial charge in [0.2, 0.25) is 0 Å². The van der Waals surface area contributed by atoms with Crippen LogP contribution in [-0.4, -0.2) is 42.6 Å². The van der Waals surface area contributed by atoms with Gasteiger partial charge in [0.1, 0.15) is 5.75 Å². The van der Waals surface area contributed by atoms with Crippen molar-refractivity contribution in [3.05, 3.63) is 0 Å². The summed E-state index contributed by atoms with van der Waals surface area (Å²) in [5.74, 6) is -4.67. The van der Waals surface area contributed by atoms with E-state index in [0.29, 0.717) is 12.8 Å². The number of carbonyl (C=O) groups excluding carboxylic acids is 1. The number of alkyl halides is 6. The zero-order valence-corrected chi connectivity index (χ0v) is 27.7. The monoisotopic (exact) mass is 668 g/mol. The van der Waals surface area contributed by atoms with Gasteiger partial charge in [-0.05, 0) is 6.42 Å². The predicted molar refractivity (Wildman–Crippen MR) is 163 cm³/mol. The topological polar surface area (TPSA) is 80.7 Å². The van der Waals surface area contributed by atoms with Crippen molar-refractivity contribution in [3.8, 4) is 0 Å². The number of rotatable bonds is 29. The molecule has 0 saturated carbocycles. The second kappa shape index (κ2) is 24.2. The van der Waals surface area contributed by atoms with Gasteiger partial charge in [-0.1, -0.05) is 161 Å². The zero-order valence-electron chi connectivity index (χ0n) is 26.8. The first-order valence-electron chi connectivity index (χ1n) is 17.0. The molecule has 5 nitrogen and oxygen atoms in total. The van der Waals surface area contributed by atoms with Crippen LogP contribution >= 0.6 is 0 Å². The summed E-state index contributed by atoms with van der Waals surface area (Å²) >= 11 is 0. The lowest BCUT2D eigenvalue weighted by Crippen LogP contribution is -2.63. The molecule has 0 fully saturated rings. The van der Waals surface area contributed by atoms with Crippen molar-refractivity contribution in [1.82, 2.24) is 0 Å². The van der Waals surface area contributed by atoms with Crippen LogP contribution < -0.4 is 0 Å². The highest BCUT2D eigenvalue weighted by atomic mass is 32.2. The van der Waals surface area contributed by atoms with Crippen LogP contribution in [0.1, 0.15) is 174 Å². The summed E-state index contributed by atoms with van der Waals surface area (Å²) in [6.45, 7) is 2.25. The Morgan fingerprint density at radius 2 is 0.773 bits per heavy atom. The molecule has 0 rings (SSSR count). The van der Waals surface area contributed by atoms with E-state index in [4.69, 9.17) is 4.55 Å². The van der Waals surface area contributed by atoms with Crippen molar-refractivity contribution >= 4 is 16.1 Å². The number of halogens is 6. The van der Waals surface area contributed by atoms with Crippen molar-refractivity contribution in [2.45, 2.75) is 192 Å². The van der Waals surface area contributed by atoms with Gasteiger partial charge in [0.25, 0.3) is 10.1 Å². The molecular formula is C32H58F6O5S. The van der Waals surface area contributed by atoms with Crippen molar-refractivity contribution in [2.24, 2.45) is 0 Å². The van der Waals surface area contributed by atoms with E-state index < -0.39 is 46.2 Å². The Morgan fingerprint density at radius 1 is 0.523 bits per heavy atom. The summed E-state index contributed by atoms with van der Waals surface area (Å²) in [6, 6.07) is 0. The molecule has 0 spiro atoms. The minimum absolute atomic E-state index is 0.00968. The fourth-order valence-electron chi connectivity index (χ4n) is 5.38. The largest absolute Gasteiger partial charge is 0.438 e. The standard InChI is InChI=1S/C32H58F6O5S/c1-2-3-4-5-6-7-8-9-10-11-12-13-14-15-16-17-18-19-20-21-22-23-24-25-26-27-29(39)43-30(31(33,34)35,32(36,37)38)28-44(40,41)42/h2-28H2,1H3,(H,40,41,42). The fraction of sp³-hybridized carbons (Fsp3) is 0.969. The molecule has 1 N–H and O–H groups in total. The summed E-state index contributed by atoms with van der Waals surface area (Å²) in [5, 5.41) is 0. The minimum Gasteiger partial charge on any atom is -0.438 e. The average Bonchev–Trinajstić information content (AvgIpc) is 2.90. The third-order valence-electron chi connectivity index (χ3n) is 8.07. The van der Waals surface area contributed by atoms with Gasteiger partial charge in [0, 0.05) is 6.42 Å². The molecule has 0 aromatic rings. The molecule has 0 atom stereocenters. The second-order valence-electron chi connectivity index (χ2n) is 12.3. The number of unbranched alkanes of at least 4 members (excludes halogenated alkanes) is 24. The molecule has 0 saturated heterocycles. The lowest BCUT2D eigenvalue weighted by Gasteiger charge is -2.35. The Balaban J connectivity index is 3.71. The van der Waals surface area contributed by atoms with Crippen LogP contribution in [0, 0.1) is 0 Å². The highest BCUT2D eigenvalue weighted by Gasteiger charge is 2.75. The summed E-state index contributed by atoms with van der Waals surface area (Å²) in [7, 11) is -5.77. The molecule has 0 aromatic heterocycles. The molecule has 12 heteroatoms. The van der Waals surface area contributed by atoms with Gasteiger partial charge in [-0.15, -0.1) is 0 Å². The zero-order chi connectivity index (χ0) is 33.4. The lowest BCUT2D eigenvalue weighted by molar-refractivity contribution is -0.361. The Morgan fingerprint density at radius 3 is 1.00 bits per heavy atom. The molecule has 264 valence electrons. The number of carbonyl (C=O) groups is 1. The van der Waals surface area contributed by atoms with Crippen LogP contribution in [0.5, 0.6) is 0 Å². The molecule has 0 bridgehead atoms. The minimum atomic E-state index is -6.29. The number of ether oxygens (including phenoxy) is 1. The molecule has 0 amide bonds. The van der Waals surface area contributed by atoms with Crippen LogP contribution in [0.15, 0.2) is 0 Å². The Hall–Kier alpha value is -1.04. The van der Waals surface area contributed by atoms with Crippen LogP contribution in [0.25, 0.3) is 0 Å². The third kappa shape index (κ3) is 21.7. The second-order valence-corrected chi connectivity index (χ2v) is 13.7. The van der Waals surface area contributed by atoms with Crippen LogP contribution in [0.3, 0.4) is 0 Å². The van der Waals surface area contributed by atoms with E-state index in [9.17, 15) is 39.6 Å². The maximum atomic E-state index is 13.2. The van der Waals surface area contributed by atoms with E-state index in [0.717, 1.165) is 25.7 Å². The van der Waals surface area contributed by atoms with Gasteiger partial charge in [0.05, 0.1) is 0 Å². The molecule has 0 aromatic carbocycles. The number of hydrogen-bond donors (Lipinski definition) is 1. The summed E-state index contributed by atoms with van der Waals surface area (Å²) in [4.78, 5) is 11.8. The van der Waals surface area contributed by atoms with E-state index in [1.54, 1.807) is 0 Å². The van der Waals surface area contributed by atoms with E-state index in [1.165, 1.54) is 116 Å². The van der Waals surface area contributed by atoms with Gasteiger partial charge in [-0.2, -0.15) is 34.8 Å². The molecule has 0 unspecified atom stereocenters. The molecule has 0 heterocycles. The molecule has 0 aliphatic carbocycles. The molecule has 0 radical (unpaired) electrons. The summed E-state index contributed by atoms with van der Waals surface area (Å²) < 4.78 is 113. The Bertz CT molecular complexity index is 801. The SMILES string of the molecule is CCCCCCCCCCCCCCCCCCCCCCCCCCCC(=O)OC(CS(=O)(=O)O)(C(F)(F)F)C(F)(F)F. The van der Waals surface area contributed by atoms with Gasteiger partial charge in [0.15, 0.2) is 0 Å². The normalized spacial score (nSPS) is 13.0. The third-order valence-corrected chi connectivity index (χ3v) is 8.85. The highest BCUT2D eigenvalue weighted by Crippen LogP contribution is 2.47. The molecule has 44 heavy (non-hydrogen) atoms. The Labute approximate surface area is 262 Å². The van der Waals surface area contributed by atoms with E-state index in [1.807, 2.05) is 0 Å². The molecular weight excluding hydrogens is 610 g/mol. The number of esters is 1. The van der Waals surface area contributed by atoms with Crippen LogP contribution in [-0.2, 0) is 19.6 Å². The van der Waals surface area contributed by atoms with Gasteiger partial charge >= 0.3 is 23.9 Å². The van der Waals surface area contributed by atoms with E-state index >= 15 is 0 Å². The highest BCUT2D eigenvalue weighted by molar-refractivity contribution is 7.85. The van der Waals surface area contributed by atoms with Gasteiger partial charge < -0.3 is 4.74 Å². The maximum absolute atomic E-state index is 13.2. The first kappa shape index (κ1) is 43.0. The van der Waals surface area contributed by atoms with Gasteiger partial charge in [-0.3, -0.25) is 9.35 Å². The molecule has 0 aliphatic rings. The quantitative estimate of drug-likeness (QED) is 0.0371. The van der Waals surface area contributed by atoms with E-state index in [-0.39, 0.29) is 6.42 Å². The number of hydrogen-bond acceptors (Lipinski definition) is 4. The van der Waals surface area contributed by atoms with Crippen molar-refractivity contribution < 1.29 is 48.8 Å². The van der Waals surface area contributed by atoms with Crippen molar-refractivity contribution in [1.29, 1.82) is 0 Å². The van der Waals surface area contributed by atoms with Crippen molar-refractivity contribution in [2.75, 3.05) is 5.75 Å². The lowest BCUT2D eigenvalue weighted by atomic mass is 10.0. The molecule has 0 aliphatic heterocycles. The fourth-order valence-corrected chi connectivity index (χ4v) is 6.28. The Kier molecular flexibility index (Phi) is 23.6. The summed E-state index contributed by atoms with van der Waals surface area (Å²) in [6.07, 6.45) is 15.8. The van der Waals surface area contributed by atoms with Crippen LogP contribution in [0.2, 0.25) is 0 Å². The smallest absolute Gasteiger partial charge is 0.438 e. The summed E-state index contributed by atoms with van der Waals surface area (Å²) in [5.41, 5.74) is -5.32. The van der Waals surface area contributed by atoms with Gasteiger partial charge in [-0.25, -0.2) is 0 Å². The first-order valence-corrected chi connectivity index (χ1v) is 18.6.